The molecule has 0 amide bonds. The first-order valence-corrected chi connectivity index (χ1v) is 11.5. The van der Waals surface area contributed by atoms with Gasteiger partial charge in [-0.1, -0.05) is 0 Å². The lowest BCUT2D eigenvalue weighted by molar-refractivity contribution is 0.402. The number of nitrogens with zero attached hydrogens (tertiary/aromatic N) is 5. The number of hydrogen-bond donors (Lipinski definition) is 2. The quantitative estimate of drug-likeness (QED) is 0.369. The smallest absolute Gasteiger partial charge is 0.135 e. The van der Waals surface area contributed by atoms with Crippen LogP contribution in [0.3, 0.4) is 0 Å². The van der Waals surface area contributed by atoms with Gasteiger partial charge in [-0.2, -0.15) is 16.4 Å². The van der Waals surface area contributed by atoms with Gasteiger partial charge in [0.05, 0.1) is 28.6 Å². The van der Waals surface area contributed by atoms with Crippen LogP contribution in [0.5, 0.6) is 0 Å². The van der Waals surface area contributed by atoms with Crippen molar-refractivity contribution in [3.8, 4) is 33.8 Å². The molecule has 0 atom stereocenters. The largest absolute Gasteiger partial charge is 0.352 e. The van der Waals surface area contributed by atoms with Crippen molar-refractivity contribution in [1.29, 1.82) is 0 Å². The van der Waals surface area contributed by atoms with Gasteiger partial charge in [0.25, 0.3) is 0 Å². The van der Waals surface area contributed by atoms with E-state index in [1.54, 1.807) is 11.3 Å². The molecule has 0 radical (unpaired) electrons. The summed E-state index contributed by atoms with van der Waals surface area (Å²) in [7, 11) is 4.10. The minimum Gasteiger partial charge on any atom is -0.352 e. The highest BCUT2D eigenvalue weighted by Gasteiger charge is 2.16. The molecule has 0 aliphatic rings. The van der Waals surface area contributed by atoms with Gasteiger partial charge in [-0.25, -0.2) is 4.98 Å². The van der Waals surface area contributed by atoms with Crippen molar-refractivity contribution in [2.75, 3.05) is 14.1 Å². The Balaban J connectivity index is 1.45. The van der Waals surface area contributed by atoms with Crippen LogP contribution < -0.4 is 0 Å². The van der Waals surface area contributed by atoms with Crippen LogP contribution in [-0.4, -0.2) is 49.1 Å². The molecule has 7 nitrogen and oxygen atoms in total. The van der Waals surface area contributed by atoms with Crippen molar-refractivity contribution >= 4 is 33.3 Å². The van der Waals surface area contributed by atoms with Crippen LogP contribution in [0.4, 0.5) is 0 Å². The number of aromatic amines is 2. The number of rotatable bonds is 5. The molecule has 6 heterocycles. The maximum Gasteiger partial charge on any atom is 0.135 e. The average Bonchev–Trinajstić information content (AvgIpc) is 3.57. The summed E-state index contributed by atoms with van der Waals surface area (Å²) in [6, 6.07) is 10.4. The third-order valence-corrected chi connectivity index (χ3v) is 6.31. The molecule has 6 rings (SSSR count). The topological polar surface area (TPSA) is 86.4 Å². The molecule has 0 fully saturated rings. The molecule has 6 aromatic heterocycles. The summed E-state index contributed by atoms with van der Waals surface area (Å²) < 4.78 is 0. The van der Waals surface area contributed by atoms with E-state index in [1.807, 2.05) is 51.0 Å². The number of pyridine rings is 3. The second-order valence-corrected chi connectivity index (χ2v) is 9.11. The maximum atomic E-state index is 4.96. The van der Waals surface area contributed by atoms with Gasteiger partial charge in [-0.05, 0) is 66.3 Å². The van der Waals surface area contributed by atoms with Crippen molar-refractivity contribution in [2.24, 2.45) is 0 Å². The summed E-state index contributed by atoms with van der Waals surface area (Å²) in [5.41, 5.74) is 9.66. The zero-order chi connectivity index (χ0) is 22.4. The summed E-state index contributed by atoms with van der Waals surface area (Å²) in [5, 5.41) is 13.0. The molecule has 6 aromatic rings. The van der Waals surface area contributed by atoms with Crippen LogP contribution in [-0.2, 0) is 6.54 Å². The molecule has 0 bridgehead atoms. The highest BCUT2D eigenvalue weighted by molar-refractivity contribution is 7.08. The number of nitrogens with one attached hydrogen (secondary N) is 2. The molecule has 0 aliphatic carbocycles. The van der Waals surface area contributed by atoms with Gasteiger partial charge >= 0.3 is 0 Å². The van der Waals surface area contributed by atoms with E-state index in [0.29, 0.717) is 0 Å². The van der Waals surface area contributed by atoms with Crippen LogP contribution >= 0.6 is 11.3 Å². The summed E-state index contributed by atoms with van der Waals surface area (Å²) in [4.78, 5) is 19.4. The normalized spacial score (nSPS) is 11.7. The summed E-state index contributed by atoms with van der Waals surface area (Å²) in [6.07, 6.45) is 7.52. The fraction of sp³-hybridized carbons (Fsp3) is 0.120. The molecular formula is C25H21N7S. The van der Waals surface area contributed by atoms with E-state index in [0.717, 1.165) is 62.3 Å². The van der Waals surface area contributed by atoms with Crippen molar-refractivity contribution in [1.82, 2.24) is 35.0 Å². The Bertz CT molecular complexity index is 1580. The van der Waals surface area contributed by atoms with E-state index in [9.17, 15) is 0 Å². The Morgan fingerprint density at radius 1 is 0.939 bits per heavy atom. The van der Waals surface area contributed by atoms with Crippen molar-refractivity contribution < 1.29 is 0 Å². The molecule has 0 saturated carbocycles. The molecular weight excluding hydrogens is 430 g/mol. The second kappa shape index (κ2) is 7.91. The van der Waals surface area contributed by atoms with Crippen LogP contribution in [0.25, 0.3) is 55.7 Å². The zero-order valence-electron chi connectivity index (χ0n) is 18.2. The maximum absolute atomic E-state index is 4.96. The molecule has 2 N–H and O–H groups in total. The minimum absolute atomic E-state index is 0.789. The van der Waals surface area contributed by atoms with Crippen LogP contribution in [0, 0.1) is 0 Å². The number of hydrogen-bond acceptors (Lipinski definition) is 6. The van der Waals surface area contributed by atoms with Crippen molar-refractivity contribution in [3.05, 3.63) is 71.4 Å². The Morgan fingerprint density at radius 3 is 2.70 bits per heavy atom. The van der Waals surface area contributed by atoms with Crippen molar-refractivity contribution in [2.45, 2.75) is 6.54 Å². The Hall–Kier alpha value is -3.88. The van der Waals surface area contributed by atoms with E-state index in [-0.39, 0.29) is 0 Å². The lowest BCUT2D eigenvalue weighted by Crippen LogP contribution is -2.10. The zero-order valence-corrected chi connectivity index (χ0v) is 19.0. The lowest BCUT2D eigenvalue weighted by Gasteiger charge is -2.10. The number of thiophene rings is 1. The van der Waals surface area contributed by atoms with Crippen LogP contribution in [0.2, 0.25) is 0 Å². The van der Waals surface area contributed by atoms with Gasteiger partial charge in [0.15, 0.2) is 0 Å². The summed E-state index contributed by atoms with van der Waals surface area (Å²) in [5.74, 6) is 0. The average molecular weight is 452 g/mol. The van der Waals surface area contributed by atoms with Gasteiger partial charge in [0.1, 0.15) is 11.2 Å². The third-order valence-electron chi connectivity index (χ3n) is 5.63. The fourth-order valence-electron chi connectivity index (χ4n) is 4.15. The van der Waals surface area contributed by atoms with Gasteiger partial charge in [0, 0.05) is 41.6 Å². The molecule has 0 aromatic carbocycles. The van der Waals surface area contributed by atoms with Gasteiger partial charge in [0.2, 0.25) is 0 Å². The third kappa shape index (κ3) is 3.59. The molecule has 0 spiro atoms. The van der Waals surface area contributed by atoms with Gasteiger partial charge in [-0.3, -0.25) is 15.1 Å². The number of H-pyrrole nitrogens is 2. The van der Waals surface area contributed by atoms with Crippen molar-refractivity contribution in [3.63, 3.8) is 0 Å². The monoisotopic (exact) mass is 451 g/mol. The Labute approximate surface area is 194 Å². The SMILES string of the molecule is CN(C)Cc1cncc(-c2ccc3[nH]nc(-c4cc5c(-c6ccsc6)cncc5[nH]4)c3n2)c1. The Kier molecular flexibility index (Phi) is 4.74. The first kappa shape index (κ1) is 19.8. The first-order chi connectivity index (χ1) is 16.2. The van der Waals surface area contributed by atoms with E-state index < -0.39 is 0 Å². The van der Waals surface area contributed by atoms with Crippen LogP contribution in [0.1, 0.15) is 5.56 Å². The molecule has 0 aliphatic heterocycles. The number of fused-ring (bicyclic) bond motifs is 2. The second-order valence-electron chi connectivity index (χ2n) is 8.33. The Morgan fingerprint density at radius 2 is 1.85 bits per heavy atom. The first-order valence-electron chi connectivity index (χ1n) is 10.6. The fourth-order valence-corrected chi connectivity index (χ4v) is 4.81. The summed E-state index contributed by atoms with van der Waals surface area (Å²) in [6.45, 7) is 0.829. The van der Waals surface area contributed by atoms with E-state index >= 15 is 0 Å². The molecule has 162 valence electrons. The van der Waals surface area contributed by atoms with Crippen LogP contribution in [0.15, 0.2) is 65.9 Å². The minimum atomic E-state index is 0.789. The summed E-state index contributed by atoms with van der Waals surface area (Å²) >= 11 is 1.68. The molecule has 8 heteroatoms. The molecule has 0 saturated heterocycles. The molecule has 33 heavy (non-hydrogen) atoms. The highest BCUT2D eigenvalue weighted by atomic mass is 32.1. The lowest BCUT2D eigenvalue weighted by atomic mass is 10.1. The number of aromatic nitrogens is 6. The van der Waals surface area contributed by atoms with E-state index in [1.165, 1.54) is 5.56 Å². The van der Waals surface area contributed by atoms with E-state index in [4.69, 9.17) is 4.98 Å². The molecule has 0 unspecified atom stereocenters. The predicted octanol–water partition coefficient (Wildman–Crippen LogP) is 5.35. The standard InChI is InChI=1S/C25H21N7S/c1-32(2)13-15-7-17(10-26-9-15)20-3-4-21-24(29-20)25(31-30-21)22-8-18-19(16-5-6-33-14-16)11-27-12-23(18)28-22/h3-12,14,28H,13H2,1-2H3,(H,30,31). The van der Waals surface area contributed by atoms with E-state index in [2.05, 4.69) is 59.0 Å². The highest BCUT2D eigenvalue weighted by Crippen LogP contribution is 2.34. The van der Waals surface area contributed by atoms with Gasteiger partial charge < -0.3 is 9.88 Å². The predicted molar refractivity (Wildman–Crippen MR) is 133 cm³/mol. The van der Waals surface area contributed by atoms with Gasteiger partial charge in [-0.15, -0.1) is 0 Å².